The highest BCUT2D eigenvalue weighted by Gasteiger charge is 2.12. The highest BCUT2D eigenvalue weighted by atomic mass is 32.1. The summed E-state index contributed by atoms with van der Waals surface area (Å²) in [6.45, 7) is 2.18. The first-order valence-corrected chi connectivity index (χ1v) is 8.76. The van der Waals surface area contributed by atoms with Crippen LogP contribution in [0.15, 0.2) is 47.7 Å². The van der Waals surface area contributed by atoms with E-state index in [0.717, 1.165) is 20.6 Å². The molecule has 0 aliphatic heterocycles. The SMILES string of the molecule is Cc1cc2c(=O)n(C[C@H](O)COc3cccc4[nH]ccc34)cnc2s1. The van der Waals surface area contributed by atoms with Crippen molar-refractivity contribution in [2.75, 3.05) is 6.61 Å². The van der Waals surface area contributed by atoms with Gasteiger partial charge in [-0.3, -0.25) is 9.36 Å². The zero-order valence-corrected chi connectivity index (χ0v) is 14.4. The fraction of sp³-hybridized carbons (Fsp3) is 0.222. The van der Waals surface area contributed by atoms with Crippen molar-refractivity contribution >= 4 is 32.5 Å². The molecule has 0 saturated carbocycles. The Hall–Kier alpha value is -2.64. The predicted octanol–water partition coefficient (Wildman–Crippen LogP) is 2.69. The highest BCUT2D eigenvalue weighted by Crippen LogP contribution is 2.24. The second-order valence-electron chi connectivity index (χ2n) is 5.94. The Bertz CT molecular complexity index is 1100. The standard InChI is InChI=1S/C18H17N3O3S/c1-11-7-14-17(25-11)20-10-21(18(14)23)8-12(22)9-24-16-4-2-3-15-13(16)5-6-19-15/h2-7,10,12,19,22H,8-9H2,1H3/t12-/m0/s1. The number of thiophene rings is 1. The number of benzene rings is 1. The molecule has 25 heavy (non-hydrogen) atoms. The van der Waals surface area contributed by atoms with Crippen molar-refractivity contribution in [3.05, 3.63) is 58.1 Å². The number of hydrogen-bond acceptors (Lipinski definition) is 5. The van der Waals surface area contributed by atoms with Crippen LogP contribution in [0, 0.1) is 6.92 Å². The predicted molar refractivity (Wildman–Crippen MR) is 98.4 cm³/mol. The van der Waals surface area contributed by atoms with E-state index in [9.17, 15) is 9.90 Å². The van der Waals surface area contributed by atoms with E-state index < -0.39 is 6.10 Å². The molecule has 4 aromatic rings. The van der Waals surface area contributed by atoms with Gasteiger partial charge in [0, 0.05) is 22.0 Å². The van der Waals surface area contributed by atoms with Gasteiger partial charge in [-0.1, -0.05) is 6.07 Å². The van der Waals surface area contributed by atoms with Gasteiger partial charge in [0.05, 0.1) is 18.3 Å². The maximum absolute atomic E-state index is 12.5. The number of fused-ring (bicyclic) bond motifs is 2. The zero-order chi connectivity index (χ0) is 17.4. The van der Waals surface area contributed by atoms with Gasteiger partial charge >= 0.3 is 0 Å². The average Bonchev–Trinajstić information content (AvgIpc) is 3.22. The highest BCUT2D eigenvalue weighted by molar-refractivity contribution is 7.18. The van der Waals surface area contributed by atoms with Crippen LogP contribution in [0.2, 0.25) is 0 Å². The average molecular weight is 355 g/mol. The topological polar surface area (TPSA) is 80.1 Å². The van der Waals surface area contributed by atoms with Crippen LogP contribution in [0.3, 0.4) is 0 Å². The fourth-order valence-electron chi connectivity index (χ4n) is 2.86. The van der Waals surface area contributed by atoms with E-state index in [1.807, 2.05) is 43.5 Å². The number of aryl methyl sites for hydroxylation is 1. The minimum Gasteiger partial charge on any atom is -0.490 e. The lowest BCUT2D eigenvalue weighted by atomic mass is 10.2. The van der Waals surface area contributed by atoms with Gasteiger partial charge in [0.2, 0.25) is 0 Å². The summed E-state index contributed by atoms with van der Waals surface area (Å²) in [5.41, 5.74) is 0.840. The largest absolute Gasteiger partial charge is 0.490 e. The molecule has 1 atom stereocenters. The van der Waals surface area contributed by atoms with Crippen LogP contribution in [-0.2, 0) is 6.54 Å². The molecule has 0 aliphatic carbocycles. The number of H-pyrrole nitrogens is 1. The van der Waals surface area contributed by atoms with Crippen LogP contribution in [0.1, 0.15) is 4.88 Å². The molecule has 1 aromatic carbocycles. The first-order valence-electron chi connectivity index (χ1n) is 7.94. The Kier molecular flexibility index (Phi) is 4.03. The molecule has 4 rings (SSSR count). The van der Waals surface area contributed by atoms with Gasteiger partial charge in [0.1, 0.15) is 23.3 Å². The van der Waals surface area contributed by atoms with Gasteiger partial charge < -0.3 is 14.8 Å². The monoisotopic (exact) mass is 355 g/mol. The van der Waals surface area contributed by atoms with E-state index in [0.29, 0.717) is 11.1 Å². The summed E-state index contributed by atoms with van der Waals surface area (Å²) in [6, 6.07) is 9.47. The second kappa shape index (κ2) is 6.34. The van der Waals surface area contributed by atoms with Gasteiger partial charge in [0.15, 0.2) is 0 Å². The van der Waals surface area contributed by atoms with Crippen LogP contribution in [-0.4, -0.2) is 32.4 Å². The van der Waals surface area contributed by atoms with E-state index in [1.165, 1.54) is 22.2 Å². The van der Waals surface area contributed by atoms with Gasteiger partial charge in [-0.2, -0.15) is 0 Å². The molecule has 6 nitrogen and oxygen atoms in total. The molecule has 7 heteroatoms. The molecule has 0 unspecified atom stereocenters. The molecule has 2 N–H and O–H groups in total. The van der Waals surface area contributed by atoms with E-state index >= 15 is 0 Å². The lowest BCUT2D eigenvalue weighted by molar-refractivity contribution is 0.0922. The van der Waals surface area contributed by atoms with Gasteiger partial charge in [-0.05, 0) is 31.2 Å². The molecule has 0 spiro atoms. The Morgan fingerprint density at radius 1 is 1.36 bits per heavy atom. The van der Waals surface area contributed by atoms with E-state index in [4.69, 9.17) is 4.74 Å². The van der Waals surface area contributed by atoms with Crippen molar-refractivity contribution < 1.29 is 9.84 Å². The lowest BCUT2D eigenvalue weighted by Crippen LogP contribution is -2.30. The molecule has 3 heterocycles. The third kappa shape index (κ3) is 3.04. The number of rotatable bonds is 5. The number of hydrogen-bond donors (Lipinski definition) is 2. The van der Waals surface area contributed by atoms with Crippen molar-refractivity contribution in [2.24, 2.45) is 0 Å². The van der Waals surface area contributed by atoms with Crippen molar-refractivity contribution in [1.29, 1.82) is 0 Å². The number of nitrogens with zero attached hydrogens (tertiary/aromatic N) is 2. The number of ether oxygens (including phenoxy) is 1. The molecule has 0 bridgehead atoms. The Morgan fingerprint density at radius 3 is 3.12 bits per heavy atom. The quantitative estimate of drug-likeness (QED) is 0.577. The second-order valence-corrected chi connectivity index (χ2v) is 7.17. The third-order valence-electron chi connectivity index (χ3n) is 4.03. The number of aliphatic hydroxyl groups excluding tert-OH is 1. The number of aromatic amines is 1. The minimum absolute atomic E-state index is 0.0947. The molecule has 0 fully saturated rings. The van der Waals surface area contributed by atoms with Crippen molar-refractivity contribution in [3.63, 3.8) is 0 Å². The molecular weight excluding hydrogens is 338 g/mol. The van der Waals surface area contributed by atoms with Crippen LogP contribution in [0.25, 0.3) is 21.1 Å². The zero-order valence-electron chi connectivity index (χ0n) is 13.6. The van der Waals surface area contributed by atoms with Gasteiger partial charge in [0.25, 0.3) is 5.56 Å². The Morgan fingerprint density at radius 2 is 2.24 bits per heavy atom. The maximum Gasteiger partial charge on any atom is 0.262 e. The lowest BCUT2D eigenvalue weighted by Gasteiger charge is -2.14. The summed E-state index contributed by atoms with van der Waals surface area (Å²) in [6.07, 6.45) is 2.51. The summed E-state index contributed by atoms with van der Waals surface area (Å²) in [5, 5.41) is 11.8. The third-order valence-corrected chi connectivity index (χ3v) is 4.99. The minimum atomic E-state index is -0.814. The summed E-state index contributed by atoms with van der Waals surface area (Å²) >= 11 is 1.49. The van der Waals surface area contributed by atoms with Crippen molar-refractivity contribution in [2.45, 2.75) is 19.6 Å². The molecule has 3 aromatic heterocycles. The van der Waals surface area contributed by atoms with Crippen LogP contribution in [0.5, 0.6) is 5.75 Å². The smallest absolute Gasteiger partial charge is 0.262 e. The number of aliphatic hydroxyl groups is 1. The van der Waals surface area contributed by atoms with Crippen LogP contribution < -0.4 is 10.3 Å². The molecule has 0 radical (unpaired) electrons. The van der Waals surface area contributed by atoms with Crippen LogP contribution >= 0.6 is 11.3 Å². The number of nitrogens with one attached hydrogen (secondary N) is 1. The molecule has 0 aliphatic rings. The normalized spacial score (nSPS) is 12.7. The Balaban J connectivity index is 1.49. The first-order chi connectivity index (χ1) is 12.1. The molecule has 0 saturated heterocycles. The van der Waals surface area contributed by atoms with E-state index in [1.54, 1.807) is 0 Å². The van der Waals surface area contributed by atoms with Crippen molar-refractivity contribution in [3.8, 4) is 5.75 Å². The van der Waals surface area contributed by atoms with Crippen LogP contribution in [0.4, 0.5) is 0 Å². The van der Waals surface area contributed by atoms with Gasteiger partial charge in [-0.25, -0.2) is 4.98 Å². The maximum atomic E-state index is 12.5. The summed E-state index contributed by atoms with van der Waals surface area (Å²) < 4.78 is 7.17. The van der Waals surface area contributed by atoms with E-state index in [2.05, 4.69) is 9.97 Å². The summed E-state index contributed by atoms with van der Waals surface area (Å²) in [4.78, 5) is 21.6. The fourth-order valence-corrected chi connectivity index (χ4v) is 3.70. The van der Waals surface area contributed by atoms with Gasteiger partial charge in [-0.15, -0.1) is 11.3 Å². The first kappa shape index (κ1) is 15.9. The summed E-state index contributed by atoms with van der Waals surface area (Å²) in [7, 11) is 0. The molecular formula is C18H17N3O3S. The number of aromatic nitrogens is 3. The summed E-state index contributed by atoms with van der Waals surface area (Å²) in [5.74, 6) is 0.701. The van der Waals surface area contributed by atoms with E-state index in [-0.39, 0.29) is 18.7 Å². The molecule has 128 valence electrons. The van der Waals surface area contributed by atoms with Crippen molar-refractivity contribution in [1.82, 2.24) is 14.5 Å². The Labute approximate surface area is 147 Å². The molecule has 0 amide bonds.